The van der Waals surface area contributed by atoms with Crippen LogP contribution in [0.3, 0.4) is 0 Å². The maximum Gasteiger partial charge on any atom is 0.235 e. The molecule has 0 aliphatic heterocycles. The van der Waals surface area contributed by atoms with E-state index < -0.39 is 0 Å². The predicted molar refractivity (Wildman–Crippen MR) is 290 cm³/mol. The molecule has 3 aromatic heterocycles. The maximum atomic E-state index is 9.77. The summed E-state index contributed by atoms with van der Waals surface area (Å²) < 4.78 is 4.63. The molecule has 0 atom stereocenters. The summed E-state index contributed by atoms with van der Waals surface area (Å²) in [5.41, 5.74) is 15.2. The molecule has 0 radical (unpaired) electrons. The molecular weight excluding hydrogens is 851 g/mol. The van der Waals surface area contributed by atoms with E-state index >= 15 is 0 Å². The van der Waals surface area contributed by atoms with Gasteiger partial charge in [0.05, 0.1) is 44.9 Å². The molecule has 0 aliphatic carbocycles. The largest absolute Gasteiger partial charge is 0.309 e. The highest BCUT2D eigenvalue weighted by Crippen LogP contribution is 2.44. The lowest BCUT2D eigenvalue weighted by Gasteiger charge is -2.17. The highest BCUT2D eigenvalue weighted by molar-refractivity contribution is 6.19. The number of benzene rings is 11. The second kappa shape index (κ2) is 15.7. The number of hydrogen-bond acceptors (Lipinski definition) is 3. The number of para-hydroxylation sites is 2. The van der Waals surface area contributed by atoms with Crippen molar-refractivity contribution in [1.29, 1.82) is 5.26 Å². The smallest absolute Gasteiger partial charge is 0.235 e. The molecule has 3 heterocycles. The molecule has 0 N–H and O–H groups in total. The Hall–Kier alpha value is -9.63. The Morgan fingerprint density at radius 3 is 1.77 bits per heavy atom. The first-order valence-electron chi connectivity index (χ1n) is 23.6. The third-order valence-electron chi connectivity index (χ3n) is 14.1. The van der Waals surface area contributed by atoms with E-state index in [4.69, 9.17) is 9.97 Å². The first-order chi connectivity index (χ1) is 34.6. The van der Waals surface area contributed by atoms with Crippen molar-refractivity contribution in [1.82, 2.24) is 19.1 Å². The van der Waals surface area contributed by atoms with Crippen molar-refractivity contribution in [2.24, 2.45) is 0 Å². The fourth-order valence-corrected chi connectivity index (χ4v) is 10.8. The van der Waals surface area contributed by atoms with Gasteiger partial charge in [0.15, 0.2) is 0 Å². The van der Waals surface area contributed by atoms with Gasteiger partial charge in [0, 0.05) is 38.2 Å². The molecule has 0 spiro atoms. The summed E-state index contributed by atoms with van der Waals surface area (Å²) in [7, 11) is 0. The molecule has 11 aromatic carbocycles. The Bertz CT molecular complexity index is 4460. The number of aromatic nitrogens is 4. The van der Waals surface area contributed by atoms with E-state index in [1.165, 1.54) is 21.5 Å². The van der Waals surface area contributed by atoms with E-state index in [0.29, 0.717) is 11.5 Å². The van der Waals surface area contributed by atoms with Crippen LogP contribution in [-0.4, -0.2) is 19.1 Å². The normalized spacial score (nSPS) is 11.7. The Labute approximate surface area is 403 Å². The molecule has 0 amide bonds. The summed E-state index contributed by atoms with van der Waals surface area (Å²) in [5.74, 6) is 0.588. The molecule has 324 valence electrons. The van der Waals surface area contributed by atoms with Gasteiger partial charge < -0.3 is 4.57 Å². The van der Waals surface area contributed by atoms with E-state index in [2.05, 4.69) is 221 Å². The minimum Gasteiger partial charge on any atom is -0.309 e. The highest BCUT2D eigenvalue weighted by atomic mass is 15.2. The molecule has 0 unspecified atom stereocenters. The summed E-state index contributed by atoms with van der Waals surface area (Å²) in [4.78, 5) is 11.4. The van der Waals surface area contributed by atoms with Crippen molar-refractivity contribution in [2.45, 2.75) is 0 Å². The van der Waals surface area contributed by atoms with Gasteiger partial charge in [-0.1, -0.05) is 158 Å². The Morgan fingerprint density at radius 1 is 0.343 bits per heavy atom. The van der Waals surface area contributed by atoms with Gasteiger partial charge in [-0.2, -0.15) is 5.26 Å². The Balaban J connectivity index is 1.10. The van der Waals surface area contributed by atoms with E-state index in [1.54, 1.807) is 0 Å². The third kappa shape index (κ3) is 6.25. The van der Waals surface area contributed by atoms with E-state index in [-0.39, 0.29) is 0 Å². The quantitative estimate of drug-likeness (QED) is 0.167. The molecular formula is C65H39N5. The van der Waals surface area contributed by atoms with Gasteiger partial charge in [0.2, 0.25) is 5.95 Å². The fraction of sp³-hybridized carbons (Fsp3) is 0. The molecule has 5 heteroatoms. The zero-order valence-corrected chi connectivity index (χ0v) is 37.8. The topological polar surface area (TPSA) is 59.4 Å². The molecule has 0 bridgehead atoms. The summed E-state index contributed by atoms with van der Waals surface area (Å²) in [6, 6.07) is 86.4. The molecule has 5 nitrogen and oxygen atoms in total. The average Bonchev–Trinajstić information content (AvgIpc) is 3.94. The number of rotatable bonds is 6. The van der Waals surface area contributed by atoms with Crippen LogP contribution in [0.5, 0.6) is 0 Å². The summed E-state index contributed by atoms with van der Waals surface area (Å²) in [6.07, 6.45) is 0. The highest BCUT2D eigenvalue weighted by Gasteiger charge is 2.23. The fourth-order valence-electron chi connectivity index (χ4n) is 10.8. The van der Waals surface area contributed by atoms with E-state index in [1.807, 2.05) is 30.3 Å². The number of nitrogens with zero attached hydrogens (tertiary/aromatic N) is 5. The second-order valence-electron chi connectivity index (χ2n) is 18.1. The molecule has 14 aromatic rings. The van der Waals surface area contributed by atoms with Crippen LogP contribution in [0.25, 0.3) is 132 Å². The van der Waals surface area contributed by atoms with Gasteiger partial charge in [-0.15, -0.1) is 0 Å². The first-order valence-corrected chi connectivity index (χ1v) is 23.6. The minimum atomic E-state index is 0.588. The third-order valence-corrected chi connectivity index (χ3v) is 14.1. The summed E-state index contributed by atoms with van der Waals surface area (Å²) in [6.45, 7) is 0. The van der Waals surface area contributed by atoms with Crippen molar-refractivity contribution in [3.05, 3.63) is 242 Å². The van der Waals surface area contributed by atoms with Gasteiger partial charge in [0.25, 0.3) is 0 Å². The molecule has 0 aliphatic rings. The van der Waals surface area contributed by atoms with Gasteiger partial charge in [-0.25, -0.2) is 9.97 Å². The molecule has 0 fully saturated rings. The standard InChI is InChI=1S/C65H39N5/c66-40-41-26-28-44(29-27-41)53-38-56-58(39-54(53)43-15-3-1-4-16-43)67-65(68-64(56)49-32-33-60-55(36-49)52-22-11-12-24-59(52)69(60)50-20-5-2-6-21-50)70-61-25-13-23-51(48-31-30-42-14-7-8-17-45(42)34-48)63(61)57-35-46-18-9-10-19-47(46)37-62(57)70/h1-39H. The Morgan fingerprint density at radius 2 is 0.971 bits per heavy atom. The lowest BCUT2D eigenvalue weighted by molar-refractivity contribution is 1.01. The number of hydrogen-bond donors (Lipinski definition) is 0. The van der Waals surface area contributed by atoms with Crippen molar-refractivity contribution in [2.75, 3.05) is 0 Å². The van der Waals surface area contributed by atoms with Crippen molar-refractivity contribution in [3.8, 4) is 62.3 Å². The monoisotopic (exact) mass is 889 g/mol. The van der Waals surface area contributed by atoms with Crippen LogP contribution >= 0.6 is 0 Å². The van der Waals surface area contributed by atoms with Crippen LogP contribution in [0.4, 0.5) is 0 Å². The lowest BCUT2D eigenvalue weighted by Crippen LogP contribution is -2.04. The number of fused-ring (bicyclic) bond motifs is 9. The van der Waals surface area contributed by atoms with Crippen LogP contribution in [-0.2, 0) is 0 Å². The summed E-state index contributed by atoms with van der Waals surface area (Å²) in [5, 5.41) is 20.0. The van der Waals surface area contributed by atoms with Crippen LogP contribution in [0.2, 0.25) is 0 Å². The minimum absolute atomic E-state index is 0.588. The molecule has 14 rings (SSSR count). The lowest BCUT2D eigenvalue weighted by atomic mass is 9.91. The van der Waals surface area contributed by atoms with Crippen molar-refractivity contribution in [3.63, 3.8) is 0 Å². The molecule has 0 saturated heterocycles. The van der Waals surface area contributed by atoms with Gasteiger partial charge >= 0.3 is 0 Å². The van der Waals surface area contributed by atoms with Gasteiger partial charge in [0.1, 0.15) is 0 Å². The van der Waals surface area contributed by atoms with E-state index in [9.17, 15) is 5.26 Å². The molecule has 0 saturated carbocycles. The van der Waals surface area contributed by atoms with Crippen LogP contribution in [0, 0.1) is 11.3 Å². The Kier molecular flexibility index (Phi) is 8.89. The van der Waals surface area contributed by atoms with Crippen molar-refractivity contribution < 1.29 is 0 Å². The zero-order chi connectivity index (χ0) is 46.3. The second-order valence-corrected chi connectivity index (χ2v) is 18.1. The number of nitriles is 1. The van der Waals surface area contributed by atoms with Crippen LogP contribution < -0.4 is 0 Å². The summed E-state index contributed by atoms with van der Waals surface area (Å²) >= 11 is 0. The van der Waals surface area contributed by atoms with Crippen molar-refractivity contribution >= 4 is 76.1 Å². The zero-order valence-electron chi connectivity index (χ0n) is 37.8. The van der Waals surface area contributed by atoms with Gasteiger partial charge in [-0.05, 0) is 134 Å². The average molecular weight is 890 g/mol. The SMILES string of the molecule is N#Cc1ccc(-c2cc3c(-c4ccc5c(c4)c4ccccc4n5-c4ccccc4)nc(-n4c5cc6ccccc6cc5c5c(-c6ccc7ccccc7c6)cccc54)nc3cc2-c2ccccc2)cc1. The van der Waals surface area contributed by atoms with E-state index in [0.717, 1.165) is 105 Å². The molecule has 70 heavy (non-hydrogen) atoms. The first kappa shape index (κ1) is 39.5. The van der Waals surface area contributed by atoms with Gasteiger partial charge in [-0.3, -0.25) is 4.57 Å². The van der Waals surface area contributed by atoms with Crippen LogP contribution in [0.1, 0.15) is 5.56 Å². The predicted octanol–water partition coefficient (Wildman–Crippen LogP) is 16.7. The van der Waals surface area contributed by atoms with Crippen LogP contribution in [0.15, 0.2) is 237 Å². The maximum absolute atomic E-state index is 9.77.